The monoisotopic (exact) mass is 380 g/mol. The summed E-state index contributed by atoms with van der Waals surface area (Å²) in [6.07, 6.45) is 0.486. The van der Waals surface area contributed by atoms with Crippen LogP contribution in [0.2, 0.25) is 0 Å². The summed E-state index contributed by atoms with van der Waals surface area (Å²) in [7, 11) is 1.40. The number of rotatable bonds is 4. The fourth-order valence-corrected chi connectivity index (χ4v) is 4.05. The van der Waals surface area contributed by atoms with E-state index in [4.69, 9.17) is 9.47 Å². The number of aromatic nitrogens is 1. The topological polar surface area (TPSA) is 83.6 Å². The lowest BCUT2D eigenvalue weighted by Gasteiger charge is -2.37. The van der Waals surface area contributed by atoms with Crippen molar-refractivity contribution in [1.29, 1.82) is 0 Å². The number of aromatic hydroxyl groups is 1. The van der Waals surface area contributed by atoms with Crippen molar-refractivity contribution in [3.8, 4) is 11.5 Å². The maximum atomic E-state index is 12.6. The molecule has 1 aliphatic rings. The van der Waals surface area contributed by atoms with Crippen LogP contribution >= 0.6 is 0 Å². The van der Waals surface area contributed by atoms with Gasteiger partial charge >= 0.3 is 5.97 Å². The Balaban J connectivity index is 1.91. The zero-order chi connectivity index (χ0) is 19.9. The van der Waals surface area contributed by atoms with Gasteiger partial charge in [-0.2, -0.15) is 0 Å². The molecule has 146 valence electrons. The van der Waals surface area contributed by atoms with E-state index in [-0.39, 0.29) is 17.8 Å². The van der Waals surface area contributed by atoms with E-state index in [1.54, 1.807) is 18.2 Å². The van der Waals surface area contributed by atoms with Crippen molar-refractivity contribution in [2.45, 2.75) is 31.8 Å². The largest absolute Gasteiger partial charge is 0.508 e. The van der Waals surface area contributed by atoms with Crippen LogP contribution < -0.4 is 10.1 Å². The Bertz CT molecular complexity index is 1040. The number of hydrogen-bond acceptors (Lipinski definition) is 5. The van der Waals surface area contributed by atoms with Crippen LogP contribution in [0.25, 0.3) is 10.9 Å². The number of carbonyl (C=O) groups is 1. The van der Waals surface area contributed by atoms with E-state index in [1.165, 1.54) is 7.11 Å². The van der Waals surface area contributed by atoms with E-state index in [0.29, 0.717) is 13.0 Å². The van der Waals surface area contributed by atoms with Gasteiger partial charge in [-0.05, 0) is 55.3 Å². The molecule has 1 aliphatic heterocycles. The van der Waals surface area contributed by atoms with Gasteiger partial charge in [-0.3, -0.25) is 10.1 Å². The highest BCUT2D eigenvalue weighted by atomic mass is 16.5. The quantitative estimate of drug-likeness (QED) is 0.604. The van der Waals surface area contributed by atoms with Gasteiger partial charge in [-0.25, -0.2) is 0 Å². The number of methoxy groups -OCH3 is 1. The first-order valence-corrected chi connectivity index (χ1v) is 9.37. The van der Waals surface area contributed by atoms with Gasteiger partial charge in [0, 0.05) is 23.0 Å². The van der Waals surface area contributed by atoms with Crippen LogP contribution in [-0.4, -0.2) is 35.3 Å². The number of benzene rings is 2. The number of hydrogen-bond donors (Lipinski definition) is 3. The molecule has 1 aromatic heterocycles. The predicted octanol–water partition coefficient (Wildman–Crippen LogP) is 3.44. The van der Waals surface area contributed by atoms with Gasteiger partial charge in [0.05, 0.1) is 19.8 Å². The number of phenolic OH excluding ortho intramolecular Hbond substituents is 1. The molecule has 0 aliphatic carbocycles. The number of H-pyrrole nitrogens is 1. The minimum Gasteiger partial charge on any atom is -0.508 e. The summed E-state index contributed by atoms with van der Waals surface area (Å²) in [6, 6.07) is 12.7. The summed E-state index contributed by atoms with van der Waals surface area (Å²) in [5.74, 6) is 0.656. The SMILES string of the molecule is CCOc1ccc2[nH]c3c(c2c1)CC(C)(C(=O)OC)NC3c1cccc(O)c1. The molecule has 2 atom stereocenters. The van der Waals surface area contributed by atoms with E-state index in [0.717, 1.165) is 33.5 Å². The van der Waals surface area contributed by atoms with Crippen molar-refractivity contribution >= 4 is 16.9 Å². The summed E-state index contributed by atoms with van der Waals surface area (Å²) < 4.78 is 10.7. The molecule has 6 heteroatoms. The molecule has 4 rings (SSSR count). The van der Waals surface area contributed by atoms with Crippen molar-refractivity contribution in [2.24, 2.45) is 0 Å². The molecule has 0 fully saturated rings. The smallest absolute Gasteiger partial charge is 0.326 e. The van der Waals surface area contributed by atoms with Crippen molar-refractivity contribution in [2.75, 3.05) is 13.7 Å². The van der Waals surface area contributed by atoms with E-state index in [1.807, 2.05) is 38.1 Å². The van der Waals surface area contributed by atoms with Crippen molar-refractivity contribution in [1.82, 2.24) is 10.3 Å². The number of aromatic amines is 1. The maximum Gasteiger partial charge on any atom is 0.326 e. The van der Waals surface area contributed by atoms with Gasteiger partial charge in [0.15, 0.2) is 0 Å². The Morgan fingerprint density at radius 3 is 2.82 bits per heavy atom. The third kappa shape index (κ3) is 2.99. The van der Waals surface area contributed by atoms with Crippen molar-refractivity contribution < 1.29 is 19.4 Å². The highest BCUT2D eigenvalue weighted by molar-refractivity contribution is 5.89. The number of ether oxygens (including phenoxy) is 2. The Morgan fingerprint density at radius 1 is 1.29 bits per heavy atom. The molecule has 0 spiro atoms. The average Bonchev–Trinajstić information content (AvgIpc) is 3.04. The first-order valence-electron chi connectivity index (χ1n) is 9.37. The lowest BCUT2D eigenvalue weighted by molar-refractivity contribution is -0.148. The number of esters is 1. The summed E-state index contributed by atoms with van der Waals surface area (Å²) >= 11 is 0. The van der Waals surface area contributed by atoms with Crippen LogP contribution in [0.1, 0.15) is 36.7 Å². The van der Waals surface area contributed by atoms with Crippen LogP contribution in [0, 0.1) is 0 Å². The predicted molar refractivity (Wildman–Crippen MR) is 107 cm³/mol. The van der Waals surface area contributed by atoms with E-state index in [9.17, 15) is 9.90 Å². The Morgan fingerprint density at radius 2 is 2.11 bits per heavy atom. The third-order valence-electron chi connectivity index (χ3n) is 5.34. The minimum atomic E-state index is -0.894. The zero-order valence-electron chi connectivity index (χ0n) is 16.2. The molecule has 6 nitrogen and oxygen atoms in total. The second-order valence-electron chi connectivity index (χ2n) is 7.33. The van der Waals surface area contributed by atoms with Crippen LogP contribution in [0.3, 0.4) is 0 Å². The van der Waals surface area contributed by atoms with E-state index < -0.39 is 5.54 Å². The molecule has 0 radical (unpaired) electrons. The Hall–Kier alpha value is -2.99. The summed E-state index contributed by atoms with van der Waals surface area (Å²) in [5, 5.41) is 14.4. The molecule has 0 saturated carbocycles. The summed E-state index contributed by atoms with van der Waals surface area (Å²) in [5.41, 5.74) is 2.99. The fraction of sp³-hybridized carbons (Fsp3) is 0.318. The first kappa shape index (κ1) is 18.4. The summed E-state index contributed by atoms with van der Waals surface area (Å²) in [6.45, 7) is 4.39. The van der Waals surface area contributed by atoms with Crippen LogP contribution in [-0.2, 0) is 16.0 Å². The molecular weight excluding hydrogens is 356 g/mol. The molecule has 0 bridgehead atoms. The van der Waals surface area contributed by atoms with E-state index >= 15 is 0 Å². The zero-order valence-corrected chi connectivity index (χ0v) is 16.2. The van der Waals surface area contributed by atoms with Crippen LogP contribution in [0.5, 0.6) is 11.5 Å². The van der Waals surface area contributed by atoms with Gasteiger partial charge in [0.1, 0.15) is 17.0 Å². The number of phenols is 1. The normalized spacial score (nSPS) is 21.3. The molecule has 2 aromatic carbocycles. The van der Waals surface area contributed by atoms with Crippen LogP contribution in [0.4, 0.5) is 0 Å². The molecule has 28 heavy (non-hydrogen) atoms. The maximum absolute atomic E-state index is 12.6. The minimum absolute atomic E-state index is 0.181. The fourth-order valence-electron chi connectivity index (χ4n) is 4.05. The highest BCUT2D eigenvalue weighted by Crippen LogP contribution is 2.40. The van der Waals surface area contributed by atoms with Crippen molar-refractivity contribution in [3.05, 3.63) is 59.3 Å². The lowest BCUT2D eigenvalue weighted by Crippen LogP contribution is -2.56. The molecule has 3 N–H and O–H groups in total. The lowest BCUT2D eigenvalue weighted by atomic mass is 9.82. The standard InChI is InChI=1S/C22H24N2O4/c1-4-28-15-8-9-18-16(11-15)17-12-22(2,21(26)27-3)24-19(20(17)23-18)13-6-5-7-14(25)10-13/h5-11,19,23-25H,4,12H2,1-3H3. The third-order valence-corrected chi connectivity index (χ3v) is 5.34. The first-order chi connectivity index (χ1) is 13.4. The average molecular weight is 380 g/mol. The van der Waals surface area contributed by atoms with Gasteiger partial charge in [-0.15, -0.1) is 0 Å². The molecule has 2 unspecified atom stereocenters. The Kier molecular flexibility index (Phi) is 4.51. The van der Waals surface area contributed by atoms with Gasteiger partial charge in [0.25, 0.3) is 0 Å². The van der Waals surface area contributed by atoms with Gasteiger partial charge in [-0.1, -0.05) is 12.1 Å². The molecule has 3 aromatic rings. The molecule has 2 heterocycles. The molecular formula is C22H24N2O4. The number of fused-ring (bicyclic) bond motifs is 3. The highest BCUT2D eigenvalue weighted by Gasteiger charge is 2.43. The second-order valence-corrected chi connectivity index (χ2v) is 7.33. The van der Waals surface area contributed by atoms with Gasteiger partial charge < -0.3 is 19.6 Å². The number of carbonyl (C=O) groups excluding carboxylic acids is 1. The molecule has 0 amide bonds. The van der Waals surface area contributed by atoms with Gasteiger partial charge in [0.2, 0.25) is 0 Å². The van der Waals surface area contributed by atoms with Crippen molar-refractivity contribution in [3.63, 3.8) is 0 Å². The Labute approximate surface area is 163 Å². The van der Waals surface area contributed by atoms with E-state index in [2.05, 4.69) is 10.3 Å². The van der Waals surface area contributed by atoms with Crippen LogP contribution in [0.15, 0.2) is 42.5 Å². The molecule has 0 saturated heterocycles. The second kappa shape index (κ2) is 6.87. The number of nitrogens with one attached hydrogen (secondary N) is 2. The summed E-state index contributed by atoms with van der Waals surface area (Å²) in [4.78, 5) is 16.1.